The highest BCUT2D eigenvalue weighted by atomic mass is 16.6. The van der Waals surface area contributed by atoms with Gasteiger partial charge in [0.05, 0.1) is 20.8 Å². The average Bonchev–Trinajstić information content (AvgIpc) is 2.34. The monoisotopic (exact) mass is 227 g/mol. The molecule has 1 aromatic rings. The molecule has 5 nitrogen and oxygen atoms in total. The minimum atomic E-state index is -0.619. The zero-order chi connectivity index (χ0) is 11.8. The molecule has 0 aliphatic rings. The quantitative estimate of drug-likeness (QED) is 0.667. The predicted octanol–water partition coefficient (Wildman–Crippen LogP) is 0.586. The van der Waals surface area contributed by atoms with Crippen LogP contribution in [0.4, 0.5) is 0 Å². The molecular formula is C11H17NO4. The van der Waals surface area contributed by atoms with Gasteiger partial charge in [0, 0.05) is 6.07 Å². The number of nitrogens with one attached hydrogen (secondary N) is 1. The van der Waals surface area contributed by atoms with Gasteiger partial charge in [0.25, 0.3) is 0 Å². The number of ether oxygens (including phenoxy) is 2. The second-order valence-corrected chi connectivity index (χ2v) is 3.20. The van der Waals surface area contributed by atoms with Gasteiger partial charge in [0.2, 0.25) is 0 Å². The molecule has 1 rings (SSSR count). The Morgan fingerprint density at radius 2 is 2.06 bits per heavy atom. The SMILES string of the molecule is CONCC(O)COc1cccc(OC)c1. The van der Waals surface area contributed by atoms with E-state index in [1.807, 2.05) is 12.1 Å². The number of aliphatic hydroxyl groups is 1. The second kappa shape index (κ2) is 7.05. The van der Waals surface area contributed by atoms with Gasteiger partial charge in [-0.1, -0.05) is 6.07 Å². The van der Waals surface area contributed by atoms with Crippen LogP contribution in [0.15, 0.2) is 24.3 Å². The van der Waals surface area contributed by atoms with Crippen LogP contribution in [0.25, 0.3) is 0 Å². The van der Waals surface area contributed by atoms with Gasteiger partial charge >= 0.3 is 0 Å². The maximum atomic E-state index is 9.47. The Morgan fingerprint density at radius 3 is 2.75 bits per heavy atom. The number of hydroxylamine groups is 1. The fourth-order valence-corrected chi connectivity index (χ4v) is 1.12. The molecule has 0 aliphatic heterocycles. The van der Waals surface area contributed by atoms with Crippen LogP contribution in [0.3, 0.4) is 0 Å². The maximum Gasteiger partial charge on any atom is 0.123 e. The fraction of sp³-hybridized carbons (Fsp3) is 0.455. The normalized spacial score (nSPS) is 12.2. The number of methoxy groups -OCH3 is 1. The van der Waals surface area contributed by atoms with E-state index in [1.165, 1.54) is 7.11 Å². The lowest BCUT2D eigenvalue weighted by Crippen LogP contribution is -2.30. The fourth-order valence-electron chi connectivity index (χ4n) is 1.12. The molecule has 0 bridgehead atoms. The van der Waals surface area contributed by atoms with Gasteiger partial charge in [-0.25, -0.2) is 5.48 Å². The molecule has 1 atom stereocenters. The lowest BCUT2D eigenvalue weighted by molar-refractivity contribution is 0.0321. The van der Waals surface area contributed by atoms with E-state index in [0.717, 1.165) is 5.75 Å². The number of hydrogen-bond acceptors (Lipinski definition) is 5. The molecule has 1 aromatic carbocycles. The van der Waals surface area contributed by atoms with E-state index in [1.54, 1.807) is 19.2 Å². The molecule has 0 saturated carbocycles. The van der Waals surface area contributed by atoms with Gasteiger partial charge in [-0.05, 0) is 12.1 Å². The van der Waals surface area contributed by atoms with Crippen molar-refractivity contribution in [2.75, 3.05) is 27.4 Å². The highest BCUT2D eigenvalue weighted by Gasteiger charge is 2.05. The Labute approximate surface area is 94.9 Å². The summed E-state index contributed by atoms with van der Waals surface area (Å²) in [7, 11) is 3.09. The first-order valence-electron chi connectivity index (χ1n) is 4.97. The Kier molecular flexibility index (Phi) is 5.63. The summed E-state index contributed by atoms with van der Waals surface area (Å²) in [5.74, 6) is 1.39. The molecule has 2 N–H and O–H groups in total. The van der Waals surface area contributed by atoms with Crippen LogP contribution < -0.4 is 15.0 Å². The Bertz CT molecular complexity index is 306. The topological polar surface area (TPSA) is 60.0 Å². The molecule has 0 amide bonds. The van der Waals surface area contributed by atoms with Gasteiger partial charge in [-0.15, -0.1) is 0 Å². The second-order valence-electron chi connectivity index (χ2n) is 3.20. The van der Waals surface area contributed by atoms with Crippen molar-refractivity contribution in [3.05, 3.63) is 24.3 Å². The standard InChI is InChI=1S/C11H17NO4/c1-14-10-4-3-5-11(6-10)16-8-9(13)7-12-15-2/h3-6,9,12-13H,7-8H2,1-2H3. The van der Waals surface area contributed by atoms with Gasteiger partial charge < -0.3 is 19.4 Å². The van der Waals surface area contributed by atoms with Crippen molar-refractivity contribution in [1.82, 2.24) is 5.48 Å². The molecule has 0 spiro atoms. The molecule has 16 heavy (non-hydrogen) atoms. The van der Waals surface area contributed by atoms with Crippen molar-refractivity contribution in [2.24, 2.45) is 0 Å². The van der Waals surface area contributed by atoms with E-state index in [0.29, 0.717) is 12.3 Å². The first-order valence-corrected chi connectivity index (χ1v) is 4.97. The van der Waals surface area contributed by atoms with Crippen LogP contribution in [0.5, 0.6) is 11.5 Å². The molecular weight excluding hydrogens is 210 g/mol. The summed E-state index contributed by atoms with van der Waals surface area (Å²) < 4.78 is 10.4. The molecule has 1 unspecified atom stereocenters. The summed E-state index contributed by atoms with van der Waals surface area (Å²) in [6.07, 6.45) is -0.619. The van der Waals surface area contributed by atoms with Crippen LogP contribution in [-0.2, 0) is 4.84 Å². The number of hydrogen-bond donors (Lipinski definition) is 2. The third kappa shape index (κ3) is 4.48. The van der Waals surface area contributed by atoms with Crippen molar-refractivity contribution >= 4 is 0 Å². The van der Waals surface area contributed by atoms with Gasteiger partial charge in [-0.2, -0.15) is 0 Å². The number of benzene rings is 1. The molecule has 90 valence electrons. The largest absolute Gasteiger partial charge is 0.497 e. The zero-order valence-corrected chi connectivity index (χ0v) is 9.47. The van der Waals surface area contributed by atoms with E-state index in [4.69, 9.17) is 9.47 Å². The van der Waals surface area contributed by atoms with Crippen LogP contribution in [-0.4, -0.2) is 38.6 Å². The minimum Gasteiger partial charge on any atom is -0.497 e. The predicted molar refractivity (Wildman–Crippen MR) is 59.5 cm³/mol. The van der Waals surface area contributed by atoms with Crippen LogP contribution >= 0.6 is 0 Å². The first-order chi connectivity index (χ1) is 7.76. The molecule has 0 heterocycles. The lowest BCUT2D eigenvalue weighted by Gasteiger charge is -2.12. The van der Waals surface area contributed by atoms with Crippen molar-refractivity contribution < 1.29 is 19.4 Å². The summed E-state index contributed by atoms with van der Waals surface area (Å²) in [6, 6.07) is 7.22. The van der Waals surface area contributed by atoms with E-state index < -0.39 is 6.10 Å². The Hall–Kier alpha value is -1.30. The van der Waals surface area contributed by atoms with Crippen LogP contribution in [0.2, 0.25) is 0 Å². The summed E-state index contributed by atoms with van der Waals surface area (Å²) in [6.45, 7) is 0.518. The molecule has 0 radical (unpaired) electrons. The molecule has 5 heteroatoms. The summed E-state index contributed by atoms with van der Waals surface area (Å²) >= 11 is 0. The Balaban J connectivity index is 2.35. The van der Waals surface area contributed by atoms with E-state index in [-0.39, 0.29) is 6.61 Å². The van der Waals surface area contributed by atoms with E-state index in [9.17, 15) is 5.11 Å². The summed E-state index contributed by atoms with van der Waals surface area (Å²) in [5.41, 5.74) is 2.55. The van der Waals surface area contributed by atoms with Crippen molar-refractivity contribution in [1.29, 1.82) is 0 Å². The van der Waals surface area contributed by atoms with Crippen LogP contribution in [0.1, 0.15) is 0 Å². The van der Waals surface area contributed by atoms with Gasteiger partial charge in [0.1, 0.15) is 24.2 Å². The third-order valence-corrected chi connectivity index (χ3v) is 1.95. The molecule has 0 saturated heterocycles. The highest BCUT2D eigenvalue weighted by Crippen LogP contribution is 2.18. The van der Waals surface area contributed by atoms with Crippen molar-refractivity contribution in [3.63, 3.8) is 0 Å². The number of rotatable bonds is 7. The highest BCUT2D eigenvalue weighted by molar-refractivity contribution is 5.32. The molecule has 0 fully saturated rings. The lowest BCUT2D eigenvalue weighted by atomic mass is 10.3. The first kappa shape index (κ1) is 12.8. The summed E-state index contributed by atoms with van der Waals surface area (Å²) in [4.78, 5) is 4.62. The third-order valence-electron chi connectivity index (χ3n) is 1.95. The Morgan fingerprint density at radius 1 is 1.31 bits per heavy atom. The molecule has 0 aromatic heterocycles. The summed E-state index contributed by atoms with van der Waals surface area (Å²) in [5, 5.41) is 9.47. The van der Waals surface area contributed by atoms with E-state index >= 15 is 0 Å². The van der Waals surface area contributed by atoms with E-state index in [2.05, 4.69) is 10.3 Å². The van der Waals surface area contributed by atoms with Crippen LogP contribution in [0, 0.1) is 0 Å². The average molecular weight is 227 g/mol. The van der Waals surface area contributed by atoms with Crippen molar-refractivity contribution in [2.45, 2.75) is 6.10 Å². The smallest absolute Gasteiger partial charge is 0.123 e. The zero-order valence-electron chi connectivity index (χ0n) is 9.47. The minimum absolute atomic E-state index is 0.198. The maximum absolute atomic E-state index is 9.47. The van der Waals surface area contributed by atoms with Crippen molar-refractivity contribution in [3.8, 4) is 11.5 Å². The molecule has 0 aliphatic carbocycles. The number of aliphatic hydroxyl groups excluding tert-OH is 1. The van der Waals surface area contributed by atoms with Gasteiger partial charge in [-0.3, -0.25) is 0 Å². The van der Waals surface area contributed by atoms with Gasteiger partial charge in [0.15, 0.2) is 0 Å².